The first-order chi connectivity index (χ1) is 8.12. The Kier molecular flexibility index (Phi) is 5.00. The molecule has 0 aliphatic carbocycles. The van der Waals surface area contributed by atoms with E-state index in [0.29, 0.717) is 12.1 Å². The van der Waals surface area contributed by atoms with Gasteiger partial charge in [0.1, 0.15) is 6.07 Å². The van der Waals surface area contributed by atoms with Crippen molar-refractivity contribution in [3.8, 4) is 12.1 Å². The summed E-state index contributed by atoms with van der Waals surface area (Å²) in [6.07, 6.45) is 0. The molecule has 88 valence electrons. The first-order valence-corrected chi connectivity index (χ1v) is 6.25. The summed E-state index contributed by atoms with van der Waals surface area (Å²) in [4.78, 5) is 2.05. The largest absolute Gasteiger partial charge is 0.369 e. The summed E-state index contributed by atoms with van der Waals surface area (Å²) in [5.74, 6) is -0.0508. The zero-order valence-electron chi connectivity index (χ0n) is 9.94. The molecule has 0 heterocycles. The lowest BCUT2D eigenvalue weighted by atomic mass is 10.1. The van der Waals surface area contributed by atoms with Gasteiger partial charge < -0.3 is 4.90 Å². The van der Waals surface area contributed by atoms with Gasteiger partial charge in [-0.25, -0.2) is 0 Å². The number of hydrogen-bond donors (Lipinski definition) is 0. The van der Waals surface area contributed by atoms with E-state index in [-0.39, 0.29) is 5.92 Å². The Morgan fingerprint density at radius 1 is 1.41 bits per heavy atom. The third-order valence-corrected chi connectivity index (χ3v) is 3.01. The fourth-order valence-corrected chi connectivity index (χ4v) is 2.00. The van der Waals surface area contributed by atoms with Gasteiger partial charge in [-0.05, 0) is 32.0 Å². The first-order valence-electron chi connectivity index (χ1n) is 5.46. The van der Waals surface area contributed by atoms with Crippen LogP contribution in [0, 0.1) is 28.6 Å². The molecule has 0 aromatic heterocycles. The van der Waals surface area contributed by atoms with Crippen LogP contribution in [0.1, 0.15) is 19.4 Å². The van der Waals surface area contributed by atoms with Gasteiger partial charge in [0.25, 0.3) is 0 Å². The molecule has 0 spiro atoms. The van der Waals surface area contributed by atoms with E-state index in [1.54, 1.807) is 6.07 Å². The van der Waals surface area contributed by atoms with Crippen LogP contribution in [0.3, 0.4) is 0 Å². The zero-order valence-corrected chi connectivity index (χ0v) is 11.5. The van der Waals surface area contributed by atoms with E-state index in [1.165, 1.54) is 0 Å². The quantitative estimate of drug-likeness (QED) is 0.855. The summed E-state index contributed by atoms with van der Waals surface area (Å²) < 4.78 is 0.891. The van der Waals surface area contributed by atoms with Crippen LogP contribution in [-0.4, -0.2) is 13.1 Å². The van der Waals surface area contributed by atoms with Crippen molar-refractivity contribution in [1.29, 1.82) is 10.5 Å². The lowest BCUT2D eigenvalue weighted by molar-refractivity contribution is 0.685. The number of halogens is 1. The molecule has 0 saturated carbocycles. The predicted octanol–water partition coefficient (Wildman–Crippen LogP) is 3.31. The number of nitrogens with zero attached hydrogens (tertiary/aromatic N) is 3. The van der Waals surface area contributed by atoms with Crippen LogP contribution >= 0.6 is 15.9 Å². The molecular weight excluding hydrogens is 278 g/mol. The normalized spacial score (nSPS) is 11.4. The number of benzene rings is 1. The van der Waals surface area contributed by atoms with Crippen molar-refractivity contribution < 1.29 is 0 Å². The van der Waals surface area contributed by atoms with E-state index in [1.807, 2.05) is 26.0 Å². The molecule has 0 N–H and O–H groups in total. The highest BCUT2D eigenvalue weighted by Crippen LogP contribution is 2.24. The van der Waals surface area contributed by atoms with Gasteiger partial charge in [-0.2, -0.15) is 10.5 Å². The van der Waals surface area contributed by atoms with Crippen molar-refractivity contribution in [3.63, 3.8) is 0 Å². The molecule has 17 heavy (non-hydrogen) atoms. The van der Waals surface area contributed by atoms with Gasteiger partial charge >= 0.3 is 0 Å². The third-order valence-electron chi connectivity index (χ3n) is 2.52. The van der Waals surface area contributed by atoms with E-state index in [9.17, 15) is 0 Å². The summed E-state index contributed by atoms with van der Waals surface area (Å²) in [5, 5.41) is 18.0. The molecule has 0 saturated heterocycles. The van der Waals surface area contributed by atoms with Gasteiger partial charge in [-0.15, -0.1) is 0 Å². The van der Waals surface area contributed by atoms with Crippen molar-refractivity contribution in [2.45, 2.75) is 13.8 Å². The highest BCUT2D eigenvalue weighted by atomic mass is 79.9. The SMILES string of the molecule is CCN(CC(C)C#N)c1ccc(Br)cc1C#N. The van der Waals surface area contributed by atoms with Crippen LogP contribution in [-0.2, 0) is 0 Å². The van der Waals surface area contributed by atoms with E-state index in [0.717, 1.165) is 16.7 Å². The van der Waals surface area contributed by atoms with Crippen LogP contribution in [0.5, 0.6) is 0 Å². The number of hydrogen-bond acceptors (Lipinski definition) is 3. The fourth-order valence-electron chi connectivity index (χ4n) is 1.64. The molecule has 1 atom stereocenters. The Bertz CT molecular complexity index is 471. The number of rotatable bonds is 4. The average Bonchev–Trinajstić information content (AvgIpc) is 2.35. The second-order valence-electron chi connectivity index (χ2n) is 3.84. The van der Waals surface area contributed by atoms with Gasteiger partial charge in [0.2, 0.25) is 0 Å². The molecule has 4 heteroatoms. The van der Waals surface area contributed by atoms with Gasteiger partial charge in [0.15, 0.2) is 0 Å². The molecule has 1 unspecified atom stereocenters. The minimum absolute atomic E-state index is 0.0508. The molecular formula is C13H14BrN3. The van der Waals surface area contributed by atoms with Crippen molar-refractivity contribution in [1.82, 2.24) is 0 Å². The predicted molar refractivity (Wildman–Crippen MR) is 71.5 cm³/mol. The lowest BCUT2D eigenvalue weighted by Crippen LogP contribution is -2.28. The Balaban J connectivity index is 3.05. The first kappa shape index (κ1) is 13.5. The number of anilines is 1. The Labute approximate surface area is 110 Å². The monoisotopic (exact) mass is 291 g/mol. The van der Waals surface area contributed by atoms with Crippen molar-refractivity contribution in [2.75, 3.05) is 18.0 Å². The topological polar surface area (TPSA) is 50.8 Å². The second-order valence-corrected chi connectivity index (χ2v) is 4.76. The van der Waals surface area contributed by atoms with Crippen LogP contribution in [0.25, 0.3) is 0 Å². The minimum atomic E-state index is -0.0508. The third kappa shape index (κ3) is 3.47. The molecule has 0 fully saturated rings. The maximum atomic E-state index is 9.12. The Hall–Kier alpha value is -1.52. The van der Waals surface area contributed by atoms with Crippen molar-refractivity contribution >= 4 is 21.6 Å². The molecule has 0 radical (unpaired) electrons. The molecule has 3 nitrogen and oxygen atoms in total. The van der Waals surface area contributed by atoms with Crippen LogP contribution in [0.15, 0.2) is 22.7 Å². The maximum absolute atomic E-state index is 9.12. The summed E-state index contributed by atoms with van der Waals surface area (Å²) in [5.41, 5.74) is 1.52. The van der Waals surface area contributed by atoms with Gasteiger partial charge in [0.05, 0.1) is 23.2 Å². The molecule has 0 amide bonds. The maximum Gasteiger partial charge on any atom is 0.101 e. The summed E-state index contributed by atoms with van der Waals surface area (Å²) >= 11 is 3.35. The molecule has 1 aromatic carbocycles. The lowest BCUT2D eigenvalue weighted by Gasteiger charge is -2.25. The van der Waals surface area contributed by atoms with Gasteiger partial charge in [-0.3, -0.25) is 0 Å². The average molecular weight is 292 g/mol. The van der Waals surface area contributed by atoms with E-state index in [2.05, 4.69) is 33.0 Å². The highest BCUT2D eigenvalue weighted by Gasteiger charge is 2.12. The minimum Gasteiger partial charge on any atom is -0.369 e. The summed E-state index contributed by atoms with van der Waals surface area (Å²) in [7, 11) is 0. The molecule has 1 aromatic rings. The second kappa shape index (κ2) is 6.27. The van der Waals surface area contributed by atoms with Crippen LogP contribution in [0.2, 0.25) is 0 Å². The van der Waals surface area contributed by atoms with Crippen LogP contribution in [0.4, 0.5) is 5.69 Å². The van der Waals surface area contributed by atoms with Gasteiger partial charge in [0, 0.05) is 17.6 Å². The standard InChI is InChI=1S/C13H14BrN3/c1-3-17(9-10(2)7-15)13-5-4-12(14)6-11(13)8-16/h4-6,10H,3,9H2,1-2H3. The van der Waals surface area contributed by atoms with E-state index in [4.69, 9.17) is 10.5 Å². The van der Waals surface area contributed by atoms with E-state index < -0.39 is 0 Å². The van der Waals surface area contributed by atoms with Crippen LogP contribution < -0.4 is 4.90 Å². The smallest absolute Gasteiger partial charge is 0.101 e. The van der Waals surface area contributed by atoms with Crippen molar-refractivity contribution in [3.05, 3.63) is 28.2 Å². The molecule has 0 aliphatic rings. The van der Waals surface area contributed by atoms with E-state index >= 15 is 0 Å². The fraction of sp³-hybridized carbons (Fsp3) is 0.385. The van der Waals surface area contributed by atoms with Crippen molar-refractivity contribution in [2.24, 2.45) is 5.92 Å². The molecule has 0 aliphatic heterocycles. The zero-order chi connectivity index (χ0) is 12.8. The molecule has 0 bridgehead atoms. The Morgan fingerprint density at radius 2 is 2.12 bits per heavy atom. The highest BCUT2D eigenvalue weighted by molar-refractivity contribution is 9.10. The summed E-state index contributed by atoms with van der Waals surface area (Å²) in [6.45, 7) is 5.33. The van der Waals surface area contributed by atoms with Gasteiger partial charge in [-0.1, -0.05) is 15.9 Å². The Morgan fingerprint density at radius 3 is 2.65 bits per heavy atom. The number of nitriles is 2. The molecule has 1 rings (SSSR count). The summed E-state index contributed by atoms with van der Waals surface area (Å²) in [6, 6.07) is 10.0.